The largest absolute Gasteiger partial charge is 0.488 e. The van der Waals surface area contributed by atoms with E-state index in [2.05, 4.69) is 52.7 Å². The number of rotatable bonds is 9. The summed E-state index contributed by atoms with van der Waals surface area (Å²) in [6, 6.07) is 21.8. The van der Waals surface area contributed by atoms with Gasteiger partial charge in [-0.2, -0.15) is 5.26 Å². The number of anilines is 2. The van der Waals surface area contributed by atoms with Crippen molar-refractivity contribution in [2.24, 2.45) is 0 Å². The lowest BCUT2D eigenvalue weighted by Gasteiger charge is -2.22. The summed E-state index contributed by atoms with van der Waals surface area (Å²) in [4.78, 5) is 15.2. The van der Waals surface area contributed by atoms with Gasteiger partial charge in [0.05, 0.1) is 0 Å². The summed E-state index contributed by atoms with van der Waals surface area (Å²) in [6.45, 7) is 10.3. The lowest BCUT2D eigenvalue weighted by atomic mass is 10.1. The van der Waals surface area contributed by atoms with E-state index < -0.39 is 5.91 Å². The summed E-state index contributed by atoms with van der Waals surface area (Å²) < 4.78 is 7.37. The molecule has 0 fully saturated rings. The molecule has 0 aliphatic heterocycles. The summed E-state index contributed by atoms with van der Waals surface area (Å²) >= 11 is 2.27. The van der Waals surface area contributed by atoms with Crippen LogP contribution in [0.15, 0.2) is 66.2 Å². The Balaban J connectivity index is 1.93. The van der Waals surface area contributed by atoms with E-state index in [9.17, 15) is 10.1 Å². The van der Waals surface area contributed by atoms with Crippen molar-refractivity contribution in [2.45, 2.75) is 34.3 Å². The van der Waals surface area contributed by atoms with Gasteiger partial charge in [-0.15, -0.1) is 0 Å². The molecular weight excluding hydrogens is 549 g/mol. The molecule has 0 aliphatic carbocycles. The number of nitrogens with zero attached hydrogens (tertiary/aromatic N) is 2. The first-order valence-corrected chi connectivity index (χ1v) is 12.7. The lowest BCUT2D eigenvalue weighted by molar-refractivity contribution is -0.112. The Labute approximate surface area is 221 Å². The van der Waals surface area contributed by atoms with Crippen molar-refractivity contribution in [3.63, 3.8) is 0 Å². The fraction of sp³-hybridized carbons (Fsp3) is 0.241. The highest BCUT2D eigenvalue weighted by molar-refractivity contribution is 14.1. The fourth-order valence-electron chi connectivity index (χ4n) is 3.67. The van der Waals surface area contributed by atoms with Gasteiger partial charge in [-0.05, 0) is 103 Å². The Morgan fingerprint density at radius 3 is 2.46 bits per heavy atom. The second kappa shape index (κ2) is 12.4. The van der Waals surface area contributed by atoms with Gasteiger partial charge in [0.1, 0.15) is 24.0 Å². The van der Waals surface area contributed by atoms with E-state index in [1.165, 1.54) is 0 Å². The number of halogens is 1. The maximum Gasteiger partial charge on any atom is 0.266 e. The minimum Gasteiger partial charge on any atom is -0.488 e. The first-order valence-electron chi connectivity index (χ1n) is 11.6. The van der Waals surface area contributed by atoms with E-state index in [1.54, 1.807) is 6.08 Å². The Bertz CT molecular complexity index is 1260. The first kappa shape index (κ1) is 26.3. The van der Waals surface area contributed by atoms with Gasteiger partial charge < -0.3 is 15.0 Å². The molecule has 0 radical (unpaired) electrons. The molecule has 3 rings (SSSR count). The highest BCUT2D eigenvalue weighted by atomic mass is 127. The molecule has 180 valence electrons. The number of aryl methyl sites for hydroxylation is 1. The maximum atomic E-state index is 13.0. The van der Waals surface area contributed by atoms with Crippen molar-refractivity contribution < 1.29 is 9.53 Å². The number of nitriles is 1. The zero-order chi connectivity index (χ0) is 25.4. The third-order valence-corrected chi connectivity index (χ3v) is 6.67. The Hall–Kier alpha value is -3.31. The molecule has 5 nitrogen and oxygen atoms in total. The predicted octanol–water partition coefficient (Wildman–Crippen LogP) is 6.88. The molecule has 3 aromatic rings. The number of hydrogen-bond acceptors (Lipinski definition) is 4. The van der Waals surface area contributed by atoms with Crippen molar-refractivity contribution in [1.29, 1.82) is 5.26 Å². The lowest BCUT2D eigenvalue weighted by Crippen LogP contribution is -2.21. The van der Waals surface area contributed by atoms with Crippen molar-refractivity contribution in [2.75, 3.05) is 23.3 Å². The van der Waals surface area contributed by atoms with E-state index in [1.807, 2.05) is 74.5 Å². The molecule has 0 spiro atoms. The molecule has 0 bridgehead atoms. The summed E-state index contributed by atoms with van der Waals surface area (Å²) in [6.07, 6.45) is 1.59. The van der Waals surface area contributed by atoms with E-state index >= 15 is 0 Å². The Morgan fingerprint density at radius 1 is 1.09 bits per heavy atom. The van der Waals surface area contributed by atoms with Crippen LogP contribution >= 0.6 is 22.6 Å². The van der Waals surface area contributed by atoms with E-state index in [4.69, 9.17) is 4.74 Å². The van der Waals surface area contributed by atoms with Crippen molar-refractivity contribution in [3.05, 3.63) is 92.1 Å². The highest BCUT2D eigenvalue weighted by Gasteiger charge is 2.14. The van der Waals surface area contributed by atoms with Crippen molar-refractivity contribution in [1.82, 2.24) is 0 Å². The second-order valence-corrected chi connectivity index (χ2v) is 9.43. The van der Waals surface area contributed by atoms with Crippen LogP contribution in [0.2, 0.25) is 0 Å². The van der Waals surface area contributed by atoms with Crippen LogP contribution in [0.5, 0.6) is 5.75 Å². The summed E-state index contributed by atoms with van der Waals surface area (Å²) in [7, 11) is 0. The molecule has 1 N–H and O–H groups in total. The van der Waals surface area contributed by atoms with Crippen LogP contribution in [0.1, 0.15) is 36.1 Å². The molecule has 35 heavy (non-hydrogen) atoms. The number of carbonyl (C=O) groups is 1. The van der Waals surface area contributed by atoms with E-state index in [0.717, 1.165) is 39.0 Å². The van der Waals surface area contributed by atoms with Gasteiger partial charge in [0.15, 0.2) is 0 Å². The third-order valence-electron chi connectivity index (χ3n) is 5.95. The van der Waals surface area contributed by atoms with Crippen LogP contribution in [0.4, 0.5) is 11.4 Å². The zero-order valence-corrected chi connectivity index (χ0v) is 22.7. The van der Waals surface area contributed by atoms with Gasteiger partial charge in [0.25, 0.3) is 5.91 Å². The zero-order valence-electron chi connectivity index (χ0n) is 20.6. The molecule has 0 heterocycles. The van der Waals surface area contributed by atoms with Gasteiger partial charge in [0.2, 0.25) is 0 Å². The second-order valence-electron chi connectivity index (χ2n) is 8.18. The quantitative estimate of drug-likeness (QED) is 0.171. The topological polar surface area (TPSA) is 65.4 Å². The number of carbonyl (C=O) groups excluding carboxylic acids is 1. The standard InChI is InChI=1S/C29H30IN3O2/c1-5-33(6-2)26-15-12-23(28(17-26)35-19-22-10-13-25(30)14-11-22)16-24(18-31)29(34)32-27-9-7-8-20(3)21(27)4/h7-17H,5-6,19H2,1-4H3,(H,32,34)/b24-16+. The van der Waals surface area contributed by atoms with E-state index in [0.29, 0.717) is 23.6 Å². The monoisotopic (exact) mass is 579 g/mol. The number of nitrogens with one attached hydrogen (secondary N) is 1. The number of hydrogen-bond donors (Lipinski definition) is 1. The molecule has 1 amide bonds. The predicted molar refractivity (Wildman–Crippen MR) is 152 cm³/mol. The van der Waals surface area contributed by atoms with Crippen LogP contribution in [0.3, 0.4) is 0 Å². The molecule has 0 aliphatic rings. The smallest absolute Gasteiger partial charge is 0.266 e. The molecule has 0 saturated heterocycles. The van der Waals surface area contributed by atoms with Crippen LogP contribution in [0, 0.1) is 28.7 Å². The SMILES string of the molecule is CCN(CC)c1ccc(/C=C(\C#N)C(=O)Nc2cccc(C)c2C)c(OCc2ccc(I)cc2)c1. The molecule has 3 aromatic carbocycles. The summed E-state index contributed by atoms with van der Waals surface area (Å²) in [5.74, 6) is 0.179. The van der Waals surface area contributed by atoms with Gasteiger partial charge in [-0.3, -0.25) is 4.79 Å². The van der Waals surface area contributed by atoms with Gasteiger partial charge in [-0.1, -0.05) is 24.3 Å². The van der Waals surface area contributed by atoms with Gasteiger partial charge in [0, 0.05) is 39.7 Å². The Kier molecular flexibility index (Phi) is 9.32. The molecule has 0 unspecified atom stereocenters. The normalized spacial score (nSPS) is 11.0. The minimum absolute atomic E-state index is 0.0145. The molecule has 6 heteroatoms. The first-order chi connectivity index (χ1) is 16.9. The number of ether oxygens (including phenoxy) is 1. The van der Waals surface area contributed by atoms with Crippen LogP contribution < -0.4 is 15.0 Å². The minimum atomic E-state index is -0.447. The Morgan fingerprint density at radius 2 is 1.80 bits per heavy atom. The maximum absolute atomic E-state index is 13.0. The van der Waals surface area contributed by atoms with Crippen molar-refractivity contribution in [3.8, 4) is 11.8 Å². The summed E-state index contributed by atoms with van der Waals surface area (Å²) in [5.41, 5.74) is 5.51. The molecule has 0 aromatic heterocycles. The van der Waals surface area contributed by atoms with Crippen LogP contribution in [-0.2, 0) is 11.4 Å². The average Bonchev–Trinajstić information content (AvgIpc) is 2.86. The van der Waals surface area contributed by atoms with Gasteiger partial charge in [-0.25, -0.2) is 0 Å². The third kappa shape index (κ3) is 6.86. The molecule has 0 atom stereocenters. The summed E-state index contributed by atoms with van der Waals surface area (Å²) in [5, 5.41) is 12.6. The average molecular weight is 579 g/mol. The fourth-order valence-corrected chi connectivity index (χ4v) is 4.03. The van der Waals surface area contributed by atoms with Gasteiger partial charge >= 0.3 is 0 Å². The van der Waals surface area contributed by atoms with E-state index in [-0.39, 0.29) is 5.57 Å². The number of amides is 1. The van der Waals surface area contributed by atoms with Crippen LogP contribution in [0.25, 0.3) is 6.08 Å². The molecular formula is C29H30IN3O2. The van der Waals surface area contributed by atoms with Crippen molar-refractivity contribution >= 4 is 45.9 Å². The van der Waals surface area contributed by atoms with Crippen LogP contribution in [-0.4, -0.2) is 19.0 Å². The highest BCUT2D eigenvalue weighted by Crippen LogP contribution is 2.29. The molecule has 0 saturated carbocycles. The number of benzene rings is 3.